The van der Waals surface area contributed by atoms with Gasteiger partial charge >= 0.3 is 0 Å². The van der Waals surface area contributed by atoms with Gasteiger partial charge < -0.3 is 24.1 Å². The standard InChI is InChI=1S/C40H50N6O2/c1-4-48-28-27-46-36-12-8-7-11-35(36)43-38(46)31-18-23-44(24-19-31)22-17-29-13-15-32(16-14-29)40(2,3)39(47)45-25-20-30(21-26-45)37-41-33-9-5-6-10-34(33)42-37/h5-16,30-31H,4,17-28H2,1-3H3,(H,41,42). The third-order valence-corrected chi connectivity index (χ3v) is 10.8. The van der Waals surface area contributed by atoms with E-state index in [1.54, 1.807) is 0 Å². The number of aromatic amines is 1. The molecular weight excluding hydrogens is 596 g/mol. The zero-order valence-corrected chi connectivity index (χ0v) is 28.8. The number of piperidine rings is 2. The molecule has 1 amide bonds. The number of hydrogen-bond acceptors (Lipinski definition) is 5. The molecular formula is C40H50N6O2. The lowest BCUT2D eigenvalue weighted by Gasteiger charge is -2.37. The molecule has 2 aliphatic rings. The number of benzene rings is 3. The predicted octanol–water partition coefficient (Wildman–Crippen LogP) is 7.06. The second-order valence-corrected chi connectivity index (χ2v) is 14.2. The molecule has 7 rings (SSSR count). The van der Waals surface area contributed by atoms with E-state index < -0.39 is 5.41 Å². The van der Waals surface area contributed by atoms with Crippen molar-refractivity contribution in [2.75, 3.05) is 45.9 Å². The maximum atomic E-state index is 13.8. The first-order valence-corrected chi connectivity index (χ1v) is 18.0. The number of aromatic nitrogens is 4. The molecule has 2 aliphatic heterocycles. The number of carbonyl (C=O) groups excluding carboxylic acids is 1. The van der Waals surface area contributed by atoms with E-state index in [0.717, 1.165) is 113 Å². The second-order valence-electron chi connectivity index (χ2n) is 14.2. The Morgan fingerprint density at radius 2 is 1.52 bits per heavy atom. The summed E-state index contributed by atoms with van der Waals surface area (Å²) in [4.78, 5) is 31.8. The summed E-state index contributed by atoms with van der Waals surface area (Å²) in [5.41, 5.74) is 6.25. The Labute approximate surface area is 284 Å². The Morgan fingerprint density at radius 3 is 2.25 bits per heavy atom. The topological polar surface area (TPSA) is 79.3 Å². The van der Waals surface area contributed by atoms with Crippen LogP contribution < -0.4 is 0 Å². The van der Waals surface area contributed by atoms with E-state index in [0.29, 0.717) is 11.8 Å². The van der Waals surface area contributed by atoms with E-state index in [9.17, 15) is 4.79 Å². The molecule has 0 atom stereocenters. The number of nitrogens with zero attached hydrogens (tertiary/aromatic N) is 5. The SMILES string of the molecule is CCOCCn1c(C2CCN(CCc3ccc(C(C)(C)C(=O)N4CCC(c5nc6ccccc6[nH]5)CC4)cc3)CC2)nc2ccccc21. The van der Waals surface area contributed by atoms with Crippen molar-refractivity contribution in [2.24, 2.45) is 0 Å². The minimum absolute atomic E-state index is 0.215. The van der Waals surface area contributed by atoms with E-state index in [4.69, 9.17) is 14.7 Å². The second kappa shape index (κ2) is 14.2. The average Bonchev–Trinajstić information content (AvgIpc) is 3.73. The zero-order valence-electron chi connectivity index (χ0n) is 28.8. The molecule has 0 radical (unpaired) electrons. The third kappa shape index (κ3) is 6.78. The van der Waals surface area contributed by atoms with Crippen LogP contribution in [0.4, 0.5) is 0 Å². The highest BCUT2D eigenvalue weighted by Gasteiger charge is 2.36. The summed E-state index contributed by atoms with van der Waals surface area (Å²) in [5, 5.41) is 0. The van der Waals surface area contributed by atoms with Crippen LogP contribution in [-0.2, 0) is 27.9 Å². The molecule has 0 unspecified atom stereocenters. The summed E-state index contributed by atoms with van der Waals surface area (Å²) in [6, 6.07) is 25.5. The van der Waals surface area contributed by atoms with Crippen LogP contribution in [0, 0.1) is 0 Å². The number of ether oxygens (including phenoxy) is 1. The van der Waals surface area contributed by atoms with E-state index in [1.165, 1.54) is 16.9 Å². The number of H-pyrrole nitrogens is 1. The van der Waals surface area contributed by atoms with Crippen molar-refractivity contribution < 1.29 is 9.53 Å². The molecule has 0 aliphatic carbocycles. The van der Waals surface area contributed by atoms with Gasteiger partial charge in [-0.1, -0.05) is 48.5 Å². The van der Waals surface area contributed by atoms with E-state index >= 15 is 0 Å². The van der Waals surface area contributed by atoms with Gasteiger partial charge in [0.15, 0.2) is 0 Å². The van der Waals surface area contributed by atoms with Gasteiger partial charge in [0.1, 0.15) is 11.6 Å². The Balaban J connectivity index is 0.901. The maximum absolute atomic E-state index is 13.8. The molecule has 0 saturated carbocycles. The normalized spacial score (nSPS) is 17.1. The minimum atomic E-state index is -0.564. The number of nitrogens with one attached hydrogen (secondary N) is 1. The number of rotatable bonds is 11. The Kier molecular flexibility index (Phi) is 9.64. The van der Waals surface area contributed by atoms with Crippen molar-refractivity contribution in [1.29, 1.82) is 0 Å². The summed E-state index contributed by atoms with van der Waals surface area (Å²) in [6.07, 6.45) is 5.14. The van der Waals surface area contributed by atoms with Gasteiger partial charge in [0, 0.05) is 44.6 Å². The van der Waals surface area contributed by atoms with Crippen LogP contribution in [0.1, 0.15) is 81.1 Å². The highest BCUT2D eigenvalue weighted by molar-refractivity contribution is 5.87. The molecule has 8 heteroatoms. The molecule has 2 fully saturated rings. The van der Waals surface area contributed by atoms with Crippen molar-refractivity contribution in [1.82, 2.24) is 29.3 Å². The van der Waals surface area contributed by atoms with Crippen molar-refractivity contribution >= 4 is 28.0 Å². The molecule has 252 valence electrons. The van der Waals surface area contributed by atoms with Gasteiger partial charge in [-0.25, -0.2) is 9.97 Å². The highest BCUT2D eigenvalue weighted by Crippen LogP contribution is 2.33. The lowest BCUT2D eigenvalue weighted by atomic mass is 9.81. The van der Waals surface area contributed by atoms with Gasteiger partial charge in [0.05, 0.1) is 34.1 Å². The molecule has 4 heterocycles. The number of para-hydroxylation sites is 4. The van der Waals surface area contributed by atoms with Gasteiger partial charge in [-0.2, -0.15) is 0 Å². The van der Waals surface area contributed by atoms with Crippen LogP contribution >= 0.6 is 0 Å². The van der Waals surface area contributed by atoms with Gasteiger partial charge in [-0.15, -0.1) is 0 Å². The summed E-state index contributed by atoms with van der Waals surface area (Å²) in [5.74, 6) is 3.33. The maximum Gasteiger partial charge on any atom is 0.232 e. The number of likely N-dealkylation sites (tertiary alicyclic amines) is 2. The molecule has 8 nitrogen and oxygen atoms in total. The zero-order chi connectivity index (χ0) is 33.1. The van der Waals surface area contributed by atoms with Crippen molar-refractivity contribution in [3.8, 4) is 0 Å². The van der Waals surface area contributed by atoms with Crippen LogP contribution in [0.2, 0.25) is 0 Å². The van der Waals surface area contributed by atoms with Crippen LogP contribution in [0.3, 0.4) is 0 Å². The third-order valence-electron chi connectivity index (χ3n) is 10.8. The fourth-order valence-corrected chi connectivity index (χ4v) is 7.77. The number of carbonyl (C=O) groups is 1. The van der Waals surface area contributed by atoms with Gasteiger partial charge in [0.2, 0.25) is 5.91 Å². The van der Waals surface area contributed by atoms with Crippen LogP contribution in [0.5, 0.6) is 0 Å². The Morgan fingerprint density at radius 1 is 0.833 bits per heavy atom. The number of fused-ring (bicyclic) bond motifs is 2. The molecule has 0 spiro atoms. The Bertz CT molecular complexity index is 1790. The quantitative estimate of drug-likeness (QED) is 0.156. The monoisotopic (exact) mass is 646 g/mol. The fourth-order valence-electron chi connectivity index (χ4n) is 7.77. The number of hydrogen-bond donors (Lipinski definition) is 1. The van der Waals surface area contributed by atoms with Gasteiger partial charge in [-0.3, -0.25) is 4.79 Å². The summed E-state index contributed by atoms with van der Waals surface area (Å²) >= 11 is 0. The van der Waals surface area contributed by atoms with Crippen molar-refractivity contribution in [3.05, 3.63) is 95.6 Å². The van der Waals surface area contributed by atoms with Crippen molar-refractivity contribution in [2.45, 2.75) is 76.7 Å². The van der Waals surface area contributed by atoms with E-state index in [2.05, 4.69) is 101 Å². The van der Waals surface area contributed by atoms with Crippen LogP contribution in [0.15, 0.2) is 72.8 Å². The Hall–Kier alpha value is -4.01. The van der Waals surface area contributed by atoms with Crippen molar-refractivity contribution in [3.63, 3.8) is 0 Å². The molecule has 2 saturated heterocycles. The first-order valence-electron chi connectivity index (χ1n) is 18.0. The van der Waals surface area contributed by atoms with Gasteiger partial charge in [-0.05, 0) is 101 Å². The van der Waals surface area contributed by atoms with Crippen LogP contribution in [-0.4, -0.2) is 81.2 Å². The fraction of sp³-hybridized carbons (Fsp3) is 0.475. The largest absolute Gasteiger partial charge is 0.380 e. The molecule has 0 bridgehead atoms. The smallest absolute Gasteiger partial charge is 0.232 e. The van der Waals surface area contributed by atoms with Gasteiger partial charge in [0.25, 0.3) is 0 Å². The lowest BCUT2D eigenvalue weighted by Crippen LogP contribution is -2.46. The number of imidazole rings is 2. The highest BCUT2D eigenvalue weighted by atomic mass is 16.5. The average molecular weight is 647 g/mol. The van der Waals surface area contributed by atoms with E-state index in [1.807, 2.05) is 12.1 Å². The minimum Gasteiger partial charge on any atom is -0.380 e. The molecule has 48 heavy (non-hydrogen) atoms. The molecule has 2 aromatic heterocycles. The lowest BCUT2D eigenvalue weighted by molar-refractivity contribution is -0.137. The summed E-state index contributed by atoms with van der Waals surface area (Å²) < 4.78 is 8.09. The predicted molar refractivity (Wildman–Crippen MR) is 192 cm³/mol. The first-order chi connectivity index (χ1) is 23.4. The van der Waals surface area contributed by atoms with E-state index in [-0.39, 0.29) is 5.91 Å². The molecule has 5 aromatic rings. The molecule has 3 aromatic carbocycles. The summed E-state index contributed by atoms with van der Waals surface area (Å²) in [7, 11) is 0. The molecule has 1 N–H and O–H groups in total. The number of amides is 1. The first kappa shape index (κ1) is 32.5. The summed E-state index contributed by atoms with van der Waals surface area (Å²) in [6.45, 7) is 13.3. The van der Waals surface area contributed by atoms with Crippen LogP contribution in [0.25, 0.3) is 22.1 Å².